The zero-order valence-corrected chi connectivity index (χ0v) is 21.4. The Bertz CT molecular complexity index is 1330. The Morgan fingerprint density at radius 2 is 2.00 bits per heavy atom. The third-order valence-electron chi connectivity index (χ3n) is 6.50. The molecule has 5 rings (SSSR count). The van der Waals surface area contributed by atoms with Crippen molar-refractivity contribution < 1.29 is 28.6 Å². The standard InChI is InChI=1S/C25H28N4O6Si/c1-36(2,3)10-9-34-15-29-23(32)25(27-24(29)33,21-12-19-20(35-21)5-4-8-26-19)14-28-13-16-6-7-17(30)11-18(16)22(28)31/h4-8,11-12,30H,9-10,13-15H2,1-3H3,(H,27,33). The number of carbonyl (C=O) groups excluding carboxylic acids is 3. The predicted molar refractivity (Wildman–Crippen MR) is 133 cm³/mol. The van der Waals surface area contributed by atoms with Gasteiger partial charge in [0.2, 0.25) is 0 Å². The largest absolute Gasteiger partial charge is 0.508 e. The van der Waals surface area contributed by atoms with Gasteiger partial charge in [-0.25, -0.2) is 9.69 Å². The number of nitrogens with one attached hydrogen (secondary N) is 1. The normalized spacial score (nSPS) is 19.9. The van der Waals surface area contributed by atoms with Gasteiger partial charge in [0.15, 0.2) is 11.1 Å². The number of phenolic OH excluding ortho intramolecular Hbond substituents is 1. The second-order valence-electron chi connectivity index (χ2n) is 10.4. The van der Waals surface area contributed by atoms with Crippen LogP contribution in [0.5, 0.6) is 5.75 Å². The lowest BCUT2D eigenvalue weighted by molar-refractivity contribution is -0.136. The number of phenols is 1. The molecule has 2 aliphatic rings. The van der Waals surface area contributed by atoms with Crippen molar-refractivity contribution in [1.29, 1.82) is 0 Å². The Morgan fingerprint density at radius 3 is 2.75 bits per heavy atom. The van der Waals surface area contributed by atoms with E-state index >= 15 is 0 Å². The van der Waals surface area contributed by atoms with Gasteiger partial charge >= 0.3 is 6.03 Å². The minimum Gasteiger partial charge on any atom is -0.508 e. The van der Waals surface area contributed by atoms with Gasteiger partial charge in [0.25, 0.3) is 11.8 Å². The van der Waals surface area contributed by atoms with Gasteiger partial charge in [-0.05, 0) is 35.9 Å². The summed E-state index contributed by atoms with van der Waals surface area (Å²) in [5, 5.41) is 12.6. The highest BCUT2D eigenvalue weighted by atomic mass is 28.3. The van der Waals surface area contributed by atoms with Crippen molar-refractivity contribution in [3.05, 3.63) is 59.5 Å². The molecular formula is C25H28N4O6Si. The molecule has 1 atom stereocenters. The van der Waals surface area contributed by atoms with Crippen molar-refractivity contribution in [3.8, 4) is 5.75 Å². The van der Waals surface area contributed by atoms with Crippen LogP contribution in [-0.2, 0) is 21.6 Å². The summed E-state index contributed by atoms with van der Waals surface area (Å²) < 4.78 is 11.7. The zero-order chi connectivity index (χ0) is 25.7. The highest BCUT2D eigenvalue weighted by Gasteiger charge is 2.56. The molecule has 0 aliphatic carbocycles. The van der Waals surface area contributed by atoms with E-state index in [1.807, 2.05) is 0 Å². The smallest absolute Gasteiger partial charge is 0.327 e. The van der Waals surface area contributed by atoms with E-state index in [4.69, 9.17) is 9.15 Å². The molecular weight excluding hydrogens is 480 g/mol. The summed E-state index contributed by atoms with van der Waals surface area (Å²) in [6, 6.07) is 9.91. The molecule has 1 unspecified atom stereocenters. The fourth-order valence-electron chi connectivity index (χ4n) is 4.47. The topological polar surface area (TPSA) is 125 Å². The van der Waals surface area contributed by atoms with Crippen LogP contribution in [0.15, 0.2) is 47.0 Å². The first-order valence-corrected chi connectivity index (χ1v) is 15.5. The van der Waals surface area contributed by atoms with Gasteiger partial charge in [0, 0.05) is 39.1 Å². The van der Waals surface area contributed by atoms with Gasteiger partial charge < -0.3 is 24.5 Å². The number of hydrogen-bond acceptors (Lipinski definition) is 7. The van der Waals surface area contributed by atoms with Gasteiger partial charge in [0.05, 0.1) is 6.54 Å². The van der Waals surface area contributed by atoms with Crippen molar-refractivity contribution in [2.45, 2.75) is 37.8 Å². The number of imide groups is 1. The van der Waals surface area contributed by atoms with E-state index in [0.29, 0.717) is 23.3 Å². The van der Waals surface area contributed by atoms with Crippen LogP contribution in [0.3, 0.4) is 0 Å². The highest BCUT2D eigenvalue weighted by molar-refractivity contribution is 6.76. The van der Waals surface area contributed by atoms with E-state index in [1.165, 1.54) is 17.0 Å². The number of amides is 4. The van der Waals surface area contributed by atoms with Crippen LogP contribution >= 0.6 is 0 Å². The monoisotopic (exact) mass is 508 g/mol. The van der Waals surface area contributed by atoms with E-state index in [2.05, 4.69) is 29.9 Å². The Kier molecular flexibility index (Phi) is 5.84. The van der Waals surface area contributed by atoms with Gasteiger partial charge in [-0.3, -0.25) is 14.6 Å². The molecule has 0 saturated carbocycles. The number of urea groups is 1. The lowest BCUT2D eigenvalue weighted by atomic mass is 9.95. The molecule has 3 aromatic rings. The molecule has 11 heteroatoms. The SMILES string of the molecule is C[Si](C)(C)CCOCN1C(=O)NC(CN2Cc3ccc(O)cc3C2=O)(c2cc3ncccc3o2)C1=O. The summed E-state index contributed by atoms with van der Waals surface area (Å²) in [5.74, 6) is -0.743. The molecule has 1 fully saturated rings. The van der Waals surface area contributed by atoms with E-state index in [1.54, 1.807) is 30.5 Å². The van der Waals surface area contributed by atoms with Gasteiger partial charge in [-0.1, -0.05) is 25.7 Å². The maximum absolute atomic E-state index is 13.8. The third-order valence-corrected chi connectivity index (χ3v) is 8.21. The lowest BCUT2D eigenvalue weighted by Gasteiger charge is -2.29. The van der Waals surface area contributed by atoms with Crippen LogP contribution in [0.1, 0.15) is 21.7 Å². The molecule has 0 radical (unpaired) electrons. The van der Waals surface area contributed by atoms with Crippen molar-refractivity contribution in [1.82, 2.24) is 20.1 Å². The zero-order valence-electron chi connectivity index (χ0n) is 20.4. The molecule has 4 amide bonds. The summed E-state index contributed by atoms with van der Waals surface area (Å²) in [6.45, 7) is 6.97. The summed E-state index contributed by atoms with van der Waals surface area (Å²) in [5.41, 5.74) is 0.418. The van der Waals surface area contributed by atoms with Crippen LogP contribution in [0.2, 0.25) is 25.7 Å². The first kappa shape index (κ1) is 24.0. The van der Waals surface area contributed by atoms with Crippen LogP contribution in [-0.4, -0.2) is 65.7 Å². The predicted octanol–water partition coefficient (Wildman–Crippen LogP) is 3.25. The second kappa shape index (κ2) is 8.75. The first-order chi connectivity index (χ1) is 17.1. The van der Waals surface area contributed by atoms with Crippen molar-refractivity contribution >= 4 is 37.0 Å². The van der Waals surface area contributed by atoms with E-state index in [9.17, 15) is 19.5 Å². The molecule has 2 aromatic heterocycles. The van der Waals surface area contributed by atoms with Gasteiger partial charge in [-0.2, -0.15) is 0 Å². The number of nitrogens with zero attached hydrogens (tertiary/aromatic N) is 3. The molecule has 36 heavy (non-hydrogen) atoms. The highest BCUT2D eigenvalue weighted by Crippen LogP contribution is 2.36. The van der Waals surface area contributed by atoms with Crippen molar-refractivity contribution in [3.63, 3.8) is 0 Å². The number of carbonyl (C=O) groups is 3. The molecule has 2 N–H and O–H groups in total. The second-order valence-corrected chi connectivity index (χ2v) is 16.0. The third kappa shape index (κ3) is 4.24. The van der Waals surface area contributed by atoms with E-state index < -0.39 is 25.6 Å². The number of fused-ring (bicyclic) bond motifs is 2. The maximum Gasteiger partial charge on any atom is 0.327 e. The Hall–Kier alpha value is -3.70. The fraction of sp³-hybridized carbons (Fsp3) is 0.360. The number of ether oxygens (including phenoxy) is 1. The molecule has 188 valence electrons. The summed E-state index contributed by atoms with van der Waals surface area (Å²) in [7, 11) is -1.35. The molecule has 1 saturated heterocycles. The summed E-state index contributed by atoms with van der Waals surface area (Å²) in [6.07, 6.45) is 1.61. The van der Waals surface area contributed by atoms with Gasteiger partial charge in [0.1, 0.15) is 23.8 Å². The van der Waals surface area contributed by atoms with Crippen molar-refractivity contribution in [2.75, 3.05) is 19.9 Å². The molecule has 0 spiro atoms. The average molecular weight is 509 g/mol. The van der Waals surface area contributed by atoms with E-state index in [0.717, 1.165) is 16.5 Å². The molecule has 10 nitrogen and oxygen atoms in total. The summed E-state index contributed by atoms with van der Waals surface area (Å²) >= 11 is 0. The molecule has 4 heterocycles. The van der Waals surface area contributed by atoms with Crippen LogP contribution in [0.4, 0.5) is 4.79 Å². The average Bonchev–Trinajstić information content (AvgIpc) is 3.45. The Balaban J connectivity index is 1.46. The molecule has 2 aliphatic heterocycles. The minimum absolute atomic E-state index is 0.0195. The Labute approximate surface area is 208 Å². The Morgan fingerprint density at radius 1 is 1.19 bits per heavy atom. The maximum atomic E-state index is 13.8. The van der Waals surface area contributed by atoms with Crippen LogP contribution < -0.4 is 5.32 Å². The number of pyridine rings is 1. The van der Waals surface area contributed by atoms with Crippen LogP contribution in [0, 0.1) is 0 Å². The number of furan rings is 1. The number of benzene rings is 1. The van der Waals surface area contributed by atoms with Crippen molar-refractivity contribution in [2.24, 2.45) is 0 Å². The van der Waals surface area contributed by atoms with Gasteiger partial charge in [-0.15, -0.1) is 0 Å². The lowest BCUT2D eigenvalue weighted by Crippen LogP contribution is -2.52. The number of hydrogen-bond donors (Lipinski definition) is 2. The quantitative estimate of drug-likeness (QED) is 0.272. The number of aromatic hydroxyl groups is 1. The number of rotatable bonds is 8. The molecule has 1 aromatic carbocycles. The van der Waals surface area contributed by atoms with Crippen LogP contribution in [0.25, 0.3) is 11.1 Å². The fourth-order valence-corrected chi connectivity index (χ4v) is 5.23. The summed E-state index contributed by atoms with van der Waals surface area (Å²) in [4.78, 5) is 46.8. The van der Waals surface area contributed by atoms with E-state index in [-0.39, 0.29) is 37.2 Å². The molecule has 0 bridgehead atoms. The number of aromatic nitrogens is 1. The minimum atomic E-state index is -1.65. The first-order valence-electron chi connectivity index (χ1n) is 11.8.